The number of rotatable bonds is 3. The van der Waals surface area contributed by atoms with Crippen LogP contribution in [0.1, 0.15) is 23.7 Å². The van der Waals surface area contributed by atoms with E-state index in [9.17, 15) is 0 Å². The van der Waals surface area contributed by atoms with Gasteiger partial charge < -0.3 is 5.43 Å². The van der Waals surface area contributed by atoms with Crippen molar-refractivity contribution in [1.82, 2.24) is 15.4 Å². The minimum absolute atomic E-state index is 0.247. The first-order valence-electron chi connectivity index (χ1n) is 8.20. The molecule has 3 heterocycles. The fourth-order valence-electron chi connectivity index (χ4n) is 3.48. The molecule has 4 nitrogen and oxygen atoms in total. The molecule has 2 aliphatic heterocycles. The first-order chi connectivity index (χ1) is 11.8. The maximum absolute atomic E-state index is 6.08. The zero-order valence-electron chi connectivity index (χ0n) is 13.3. The summed E-state index contributed by atoms with van der Waals surface area (Å²) < 4.78 is 0. The van der Waals surface area contributed by atoms with Crippen molar-refractivity contribution in [3.8, 4) is 0 Å². The van der Waals surface area contributed by atoms with Crippen LogP contribution in [-0.4, -0.2) is 22.8 Å². The number of aliphatic imine (C=N–C) groups is 1. The van der Waals surface area contributed by atoms with Crippen LogP contribution >= 0.6 is 11.6 Å². The smallest absolute Gasteiger partial charge is 0.0628 e. The Hall–Kier alpha value is -2.17. The Balaban J connectivity index is 1.68. The van der Waals surface area contributed by atoms with Crippen molar-refractivity contribution >= 4 is 17.8 Å². The SMILES string of the molecule is Clc1ccc(C2C3CCN=CC=C3NN2Cc2ccccn2)cc1. The number of nitrogens with one attached hydrogen (secondary N) is 1. The fraction of sp³-hybridized carbons (Fsp3) is 0.263. The van der Waals surface area contributed by atoms with Crippen LogP contribution in [0.15, 0.2) is 65.4 Å². The molecule has 1 fully saturated rings. The molecule has 1 aromatic carbocycles. The molecule has 2 aromatic rings. The van der Waals surface area contributed by atoms with E-state index in [2.05, 4.69) is 44.7 Å². The zero-order valence-corrected chi connectivity index (χ0v) is 14.0. The molecule has 2 aliphatic rings. The lowest BCUT2D eigenvalue weighted by molar-refractivity contribution is 0.161. The van der Waals surface area contributed by atoms with Crippen molar-refractivity contribution in [2.75, 3.05) is 6.54 Å². The number of fused-ring (bicyclic) bond motifs is 1. The van der Waals surface area contributed by atoms with Crippen LogP contribution in [0.25, 0.3) is 0 Å². The third-order valence-corrected chi connectivity index (χ3v) is 4.84. The van der Waals surface area contributed by atoms with Gasteiger partial charge >= 0.3 is 0 Å². The monoisotopic (exact) mass is 338 g/mol. The van der Waals surface area contributed by atoms with E-state index in [0.717, 1.165) is 30.2 Å². The predicted octanol–water partition coefficient (Wildman–Crippen LogP) is 3.77. The van der Waals surface area contributed by atoms with Crippen molar-refractivity contribution in [3.63, 3.8) is 0 Å². The molecule has 5 heteroatoms. The average molecular weight is 339 g/mol. The molecule has 0 spiro atoms. The largest absolute Gasteiger partial charge is 0.322 e. The number of hydrogen-bond donors (Lipinski definition) is 1. The van der Waals surface area contributed by atoms with E-state index in [1.807, 2.05) is 36.7 Å². The summed E-state index contributed by atoms with van der Waals surface area (Å²) in [4.78, 5) is 8.88. The van der Waals surface area contributed by atoms with Crippen molar-refractivity contribution in [2.45, 2.75) is 19.0 Å². The van der Waals surface area contributed by atoms with Crippen molar-refractivity contribution in [2.24, 2.45) is 10.9 Å². The molecule has 0 aliphatic carbocycles. The molecule has 122 valence electrons. The lowest BCUT2D eigenvalue weighted by Gasteiger charge is -2.26. The Bertz CT molecular complexity index is 755. The summed E-state index contributed by atoms with van der Waals surface area (Å²) in [6.45, 7) is 1.60. The summed E-state index contributed by atoms with van der Waals surface area (Å²) in [5.74, 6) is 0.400. The first kappa shape index (κ1) is 15.4. The normalized spacial score (nSPS) is 23.3. The minimum Gasteiger partial charge on any atom is -0.322 e. The first-order valence-corrected chi connectivity index (χ1v) is 8.58. The van der Waals surface area contributed by atoms with Crippen LogP contribution in [0.3, 0.4) is 0 Å². The molecule has 2 unspecified atom stereocenters. The fourth-order valence-corrected chi connectivity index (χ4v) is 3.60. The number of nitrogens with zero attached hydrogens (tertiary/aromatic N) is 3. The van der Waals surface area contributed by atoms with Gasteiger partial charge in [-0.15, -0.1) is 0 Å². The van der Waals surface area contributed by atoms with Crippen LogP contribution in [0.2, 0.25) is 5.02 Å². The van der Waals surface area contributed by atoms with Crippen LogP contribution < -0.4 is 5.43 Å². The lowest BCUT2D eigenvalue weighted by Crippen LogP contribution is -2.32. The maximum atomic E-state index is 6.08. The summed E-state index contributed by atoms with van der Waals surface area (Å²) in [5, 5.41) is 3.04. The second kappa shape index (κ2) is 6.75. The molecule has 1 aromatic heterocycles. The Morgan fingerprint density at radius 3 is 2.83 bits per heavy atom. The highest BCUT2D eigenvalue weighted by Crippen LogP contribution is 2.41. The number of halogens is 1. The van der Waals surface area contributed by atoms with Gasteiger partial charge in [-0.2, -0.15) is 0 Å². The van der Waals surface area contributed by atoms with Crippen LogP contribution in [0.5, 0.6) is 0 Å². The Labute approximate surface area is 146 Å². The summed E-state index contributed by atoms with van der Waals surface area (Å²) >= 11 is 6.08. The van der Waals surface area contributed by atoms with E-state index in [0.29, 0.717) is 5.92 Å². The summed E-state index contributed by atoms with van der Waals surface area (Å²) in [5.41, 5.74) is 7.12. The molecular formula is C19H19ClN4. The summed E-state index contributed by atoms with van der Waals surface area (Å²) in [6, 6.07) is 14.4. The van der Waals surface area contributed by atoms with Crippen molar-refractivity contribution in [1.29, 1.82) is 0 Å². The molecule has 0 bridgehead atoms. The van der Waals surface area contributed by atoms with E-state index in [4.69, 9.17) is 11.6 Å². The Kier molecular flexibility index (Phi) is 4.32. The molecule has 0 saturated carbocycles. The number of benzene rings is 1. The highest BCUT2D eigenvalue weighted by molar-refractivity contribution is 6.30. The minimum atomic E-state index is 0.247. The summed E-state index contributed by atoms with van der Waals surface area (Å²) in [6.07, 6.45) is 6.87. The van der Waals surface area contributed by atoms with Crippen molar-refractivity contribution < 1.29 is 0 Å². The molecular weight excluding hydrogens is 320 g/mol. The molecule has 4 rings (SSSR count). The van der Waals surface area contributed by atoms with Crippen molar-refractivity contribution in [3.05, 3.63) is 76.7 Å². The molecule has 0 radical (unpaired) electrons. The molecule has 1 N–H and O–H groups in total. The number of aromatic nitrogens is 1. The maximum Gasteiger partial charge on any atom is 0.0628 e. The second-order valence-electron chi connectivity index (χ2n) is 6.13. The number of allylic oxidation sites excluding steroid dienone is 1. The number of hydrazine groups is 1. The number of hydrogen-bond acceptors (Lipinski definition) is 4. The van der Waals surface area contributed by atoms with Gasteiger partial charge in [-0.3, -0.25) is 9.98 Å². The number of pyridine rings is 1. The predicted molar refractivity (Wildman–Crippen MR) is 96.7 cm³/mol. The molecule has 2 atom stereocenters. The average Bonchev–Trinajstić information content (AvgIpc) is 2.78. The van der Waals surface area contributed by atoms with E-state index in [-0.39, 0.29) is 6.04 Å². The highest BCUT2D eigenvalue weighted by Gasteiger charge is 2.38. The van der Waals surface area contributed by atoms with E-state index in [1.165, 1.54) is 11.3 Å². The van der Waals surface area contributed by atoms with Crippen LogP contribution in [0.4, 0.5) is 0 Å². The quantitative estimate of drug-likeness (QED) is 0.926. The topological polar surface area (TPSA) is 40.5 Å². The van der Waals surface area contributed by atoms with E-state index >= 15 is 0 Å². The summed E-state index contributed by atoms with van der Waals surface area (Å²) in [7, 11) is 0. The van der Waals surface area contributed by atoms with Gasteiger partial charge in [0.1, 0.15) is 0 Å². The highest BCUT2D eigenvalue weighted by atomic mass is 35.5. The molecule has 24 heavy (non-hydrogen) atoms. The van der Waals surface area contributed by atoms with Gasteiger partial charge in [0.15, 0.2) is 0 Å². The van der Waals surface area contributed by atoms with Gasteiger partial charge in [-0.1, -0.05) is 29.8 Å². The van der Waals surface area contributed by atoms with Gasteiger partial charge in [0.05, 0.1) is 18.3 Å². The third-order valence-electron chi connectivity index (χ3n) is 4.59. The standard InChI is InChI=1S/C19H19ClN4/c20-15-6-4-14(5-7-15)19-17-8-11-21-12-9-18(17)23-24(19)13-16-3-1-2-10-22-16/h1-7,9-10,12,17,19,23H,8,11,13H2. The third kappa shape index (κ3) is 3.07. The van der Waals surface area contributed by atoms with Crippen LogP contribution in [0, 0.1) is 5.92 Å². The Morgan fingerprint density at radius 2 is 2.04 bits per heavy atom. The van der Waals surface area contributed by atoms with Gasteiger partial charge in [0.2, 0.25) is 0 Å². The Morgan fingerprint density at radius 1 is 1.17 bits per heavy atom. The molecule has 1 saturated heterocycles. The van der Waals surface area contributed by atoms with Crippen LogP contribution in [-0.2, 0) is 6.54 Å². The van der Waals surface area contributed by atoms with E-state index < -0.39 is 0 Å². The van der Waals surface area contributed by atoms with Gasteiger partial charge in [0.25, 0.3) is 0 Å². The van der Waals surface area contributed by atoms with E-state index in [1.54, 1.807) is 0 Å². The lowest BCUT2D eigenvalue weighted by atomic mass is 9.89. The van der Waals surface area contributed by atoms with Gasteiger partial charge in [0, 0.05) is 35.6 Å². The second-order valence-corrected chi connectivity index (χ2v) is 6.57. The zero-order chi connectivity index (χ0) is 16.4. The van der Waals surface area contributed by atoms with Gasteiger partial charge in [-0.05, 0) is 42.3 Å². The molecule has 0 amide bonds. The van der Waals surface area contributed by atoms with Gasteiger partial charge in [-0.25, -0.2) is 5.01 Å².